The van der Waals surface area contributed by atoms with Crippen molar-refractivity contribution >= 4 is 22.6 Å². The van der Waals surface area contributed by atoms with Crippen molar-refractivity contribution in [3.05, 3.63) is 35.9 Å². The van der Waals surface area contributed by atoms with E-state index >= 15 is 0 Å². The topological polar surface area (TPSA) is 66.0 Å². The van der Waals surface area contributed by atoms with E-state index in [-0.39, 0.29) is 5.84 Å². The number of fused-ring (bicyclic) bond motifs is 1. The zero-order chi connectivity index (χ0) is 13.4. The fourth-order valence-electron chi connectivity index (χ4n) is 2.69. The lowest BCUT2D eigenvalue weighted by molar-refractivity contribution is 0.659. The number of hydrogen-bond donors (Lipinski definition) is 2. The summed E-state index contributed by atoms with van der Waals surface area (Å²) >= 11 is 0. The van der Waals surface area contributed by atoms with E-state index in [9.17, 15) is 0 Å². The molecule has 0 aliphatic carbocycles. The van der Waals surface area contributed by atoms with Gasteiger partial charge in [-0.05, 0) is 24.5 Å². The van der Waals surface area contributed by atoms with Crippen molar-refractivity contribution in [2.45, 2.75) is 13.3 Å². The Morgan fingerprint density at radius 1 is 1.42 bits per heavy atom. The lowest BCUT2D eigenvalue weighted by Gasteiger charge is -2.19. The molecule has 4 nitrogen and oxygen atoms in total. The highest BCUT2D eigenvalue weighted by atomic mass is 15.2. The van der Waals surface area contributed by atoms with Crippen molar-refractivity contribution < 1.29 is 0 Å². The summed E-state index contributed by atoms with van der Waals surface area (Å²) in [5, 5.41) is 8.71. The highest BCUT2D eigenvalue weighted by molar-refractivity contribution is 6.07. The molecule has 2 aromatic rings. The van der Waals surface area contributed by atoms with Crippen molar-refractivity contribution in [1.29, 1.82) is 5.41 Å². The third-order valence-corrected chi connectivity index (χ3v) is 3.74. The largest absolute Gasteiger partial charge is 0.384 e. The van der Waals surface area contributed by atoms with Gasteiger partial charge in [-0.1, -0.05) is 25.1 Å². The molecule has 1 aliphatic heterocycles. The third kappa shape index (κ3) is 2.14. The van der Waals surface area contributed by atoms with Gasteiger partial charge in [-0.3, -0.25) is 5.41 Å². The van der Waals surface area contributed by atoms with Gasteiger partial charge >= 0.3 is 0 Å². The minimum absolute atomic E-state index is 0.104. The predicted octanol–water partition coefficient (Wildman–Crippen LogP) is 2.37. The zero-order valence-corrected chi connectivity index (χ0v) is 11.1. The summed E-state index contributed by atoms with van der Waals surface area (Å²) < 4.78 is 0. The van der Waals surface area contributed by atoms with Crippen LogP contribution in [0.3, 0.4) is 0 Å². The normalized spacial score (nSPS) is 19.0. The van der Waals surface area contributed by atoms with Gasteiger partial charge in [0.25, 0.3) is 0 Å². The average Bonchev–Trinajstić information content (AvgIpc) is 2.84. The third-order valence-electron chi connectivity index (χ3n) is 3.74. The van der Waals surface area contributed by atoms with Gasteiger partial charge in [0.15, 0.2) is 0 Å². The lowest BCUT2D eigenvalue weighted by atomic mass is 10.1. The quantitative estimate of drug-likeness (QED) is 0.638. The molecule has 2 heterocycles. The van der Waals surface area contributed by atoms with Gasteiger partial charge in [-0.15, -0.1) is 0 Å². The molecule has 1 aliphatic rings. The van der Waals surface area contributed by atoms with E-state index in [1.165, 1.54) is 6.42 Å². The van der Waals surface area contributed by atoms with Crippen LogP contribution < -0.4 is 10.6 Å². The second-order valence-corrected chi connectivity index (χ2v) is 5.30. The van der Waals surface area contributed by atoms with Crippen LogP contribution in [0.5, 0.6) is 0 Å². The molecule has 0 saturated carbocycles. The van der Waals surface area contributed by atoms with Gasteiger partial charge in [0, 0.05) is 24.0 Å². The van der Waals surface area contributed by atoms with E-state index in [0.29, 0.717) is 5.92 Å². The number of nitrogens with one attached hydrogen (secondary N) is 1. The van der Waals surface area contributed by atoms with Gasteiger partial charge < -0.3 is 10.6 Å². The van der Waals surface area contributed by atoms with E-state index in [0.717, 1.165) is 35.4 Å². The summed E-state index contributed by atoms with van der Waals surface area (Å²) in [4.78, 5) is 6.99. The van der Waals surface area contributed by atoms with Gasteiger partial charge in [0.2, 0.25) is 0 Å². The summed E-state index contributed by atoms with van der Waals surface area (Å²) in [7, 11) is 0. The number of nitrogens with two attached hydrogens (primary N) is 1. The molecule has 1 saturated heterocycles. The minimum atomic E-state index is 0.104. The van der Waals surface area contributed by atoms with Gasteiger partial charge in [-0.2, -0.15) is 0 Å². The molecule has 1 aromatic heterocycles. The molecule has 0 radical (unpaired) electrons. The summed E-state index contributed by atoms with van der Waals surface area (Å²) in [6.45, 7) is 4.32. The maximum atomic E-state index is 7.76. The van der Waals surface area contributed by atoms with Crippen molar-refractivity contribution in [3.8, 4) is 0 Å². The lowest BCUT2D eigenvalue weighted by Crippen LogP contribution is -2.21. The first-order chi connectivity index (χ1) is 9.15. The highest BCUT2D eigenvalue weighted by Gasteiger charge is 2.21. The molecule has 3 rings (SSSR count). The molecular weight excluding hydrogens is 236 g/mol. The summed E-state index contributed by atoms with van der Waals surface area (Å²) in [6.07, 6.45) is 1.20. The molecule has 1 atom stereocenters. The highest BCUT2D eigenvalue weighted by Crippen LogP contribution is 2.26. The number of anilines is 1. The number of benzene rings is 1. The first kappa shape index (κ1) is 12.0. The number of para-hydroxylation sites is 1. The molecule has 4 heteroatoms. The van der Waals surface area contributed by atoms with E-state index in [1.807, 2.05) is 30.3 Å². The molecular formula is C15H18N4. The van der Waals surface area contributed by atoms with Gasteiger partial charge in [0.05, 0.1) is 5.52 Å². The minimum Gasteiger partial charge on any atom is -0.384 e. The molecule has 0 spiro atoms. The Kier molecular flexibility index (Phi) is 2.85. The molecule has 1 aromatic carbocycles. The molecule has 0 amide bonds. The Hall–Kier alpha value is -2.10. The number of rotatable bonds is 2. The second kappa shape index (κ2) is 4.53. The summed E-state index contributed by atoms with van der Waals surface area (Å²) in [5.41, 5.74) is 7.40. The SMILES string of the molecule is CC1CCN(c2cc(C(=N)N)c3ccccc3n2)C1. The van der Waals surface area contributed by atoms with Crippen LogP contribution in [0.4, 0.5) is 5.82 Å². The van der Waals surface area contributed by atoms with E-state index < -0.39 is 0 Å². The number of aromatic nitrogens is 1. The first-order valence-corrected chi connectivity index (χ1v) is 6.64. The number of nitrogens with zero attached hydrogens (tertiary/aromatic N) is 2. The van der Waals surface area contributed by atoms with Crippen molar-refractivity contribution in [2.24, 2.45) is 11.7 Å². The van der Waals surface area contributed by atoms with Gasteiger partial charge in [-0.25, -0.2) is 4.98 Å². The molecule has 98 valence electrons. The second-order valence-electron chi connectivity index (χ2n) is 5.30. The molecule has 19 heavy (non-hydrogen) atoms. The number of pyridine rings is 1. The predicted molar refractivity (Wildman–Crippen MR) is 78.8 cm³/mol. The van der Waals surface area contributed by atoms with Crippen LogP contribution in [-0.4, -0.2) is 23.9 Å². The Labute approximate surface area is 112 Å². The fourth-order valence-corrected chi connectivity index (χ4v) is 2.69. The number of nitrogen functional groups attached to an aromatic ring is 1. The van der Waals surface area contributed by atoms with E-state index in [4.69, 9.17) is 16.1 Å². The molecule has 0 bridgehead atoms. The smallest absolute Gasteiger partial charge is 0.129 e. The van der Waals surface area contributed by atoms with Crippen LogP contribution in [0.2, 0.25) is 0 Å². The Morgan fingerprint density at radius 3 is 2.89 bits per heavy atom. The fraction of sp³-hybridized carbons (Fsp3) is 0.333. The van der Waals surface area contributed by atoms with Crippen LogP contribution in [0.25, 0.3) is 10.9 Å². The zero-order valence-electron chi connectivity index (χ0n) is 11.1. The van der Waals surface area contributed by atoms with Crippen molar-refractivity contribution in [1.82, 2.24) is 4.98 Å². The van der Waals surface area contributed by atoms with Gasteiger partial charge in [0.1, 0.15) is 11.7 Å². The monoisotopic (exact) mass is 254 g/mol. The molecule has 3 N–H and O–H groups in total. The van der Waals surface area contributed by atoms with Crippen LogP contribution in [0, 0.1) is 11.3 Å². The summed E-state index contributed by atoms with van der Waals surface area (Å²) in [6, 6.07) is 9.81. The maximum absolute atomic E-state index is 7.76. The van der Waals surface area contributed by atoms with Crippen molar-refractivity contribution in [3.63, 3.8) is 0 Å². The average molecular weight is 254 g/mol. The van der Waals surface area contributed by atoms with Crippen LogP contribution >= 0.6 is 0 Å². The van der Waals surface area contributed by atoms with E-state index in [1.54, 1.807) is 0 Å². The van der Waals surface area contributed by atoms with Crippen LogP contribution in [0.1, 0.15) is 18.9 Å². The van der Waals surface area contributed by atoms with Crippen LogP contribution in [0.15, 0.2) is 30.3 Å². The Balaban J connectivity index is 2.13. The van der Waals surface area contributed by atoms with Crippen molar-refractivity contribution in [2.75, 3.05) is 18.0 Å². The van der Waals surface area contributed by atoms with E-state index in [2.05, 4.69) is 11.8 Å². The maximum Gasteiger partial charge on any atom is 0.129 e. The Bertz CT molecular complexity index is 635. The Morgan fingerprint density at radius 2 is 2.21 bits per heavy atom. The number of hydrogen-bond acceptors (Lipinski definition) is 3. The summed E-state index contributed by atoms with van der Waals surface area (Å²) in [5.74, 6) is 1.74. The standard InChI is InChI=1S/C15H18N4/c1-10-6-7-19(9-10)14-8-12(15(16)17)11-4-2-3-5-13(11)18-14/h2-5,8,10H,6-7,9H2,1H3,(H3,16,17). The van der Waals surface area contributed by atoms with Crippen LogP contribution in [-0.2, 0) is 0 Å². The first-order valence-electron chi connectivity index (χ1n) is 6.64. The number of amidine groups is 1. The molecule has 1 fully saturated rings. The molecule has 1 unspecified atom stereocenters.